The molecule has 5 nitrogen and oxygen atoms in total. The minimum absolute atomic E-state index is 0.191. The summed E-state index contributed by atoms with van der Waals surface area (Å²) in [6, 6.07) is 15.9. The van der Waals surface area contributed by atoms with Crippen LogP contribution in [-0.2, 0) is 0 Å². The van der Waals surface area contributed by atoms with Gasteiger partial charge in [-0.15, -0.1) is 0 Å². The van der Waals surface area contributed by atoms with Crippen LogP contribution in [0.15, 0.2) is 53.6 Å². The molecule has 0 atom stereocenters. The van der Waals surface area contributed by atoms with Gasteiger partial charge >= 0.3 is 0 Å². The average molecular weight is 401 g/mol. The number of carbonyl (C=O) groups excluding carboxylic acids is 1. The van der Waals surface area contributed by atoms with E-state index in [0.717, 1.165) is 60.3 Å². The molecule has 30 heavy (non-hydrogen) atoms. The van der Waals surface area contributed by atoms with Gasteiger partial charge in [-0.1, -0.05) is 37.3 Å². The van der Waals surface area contributed by atoms with Crippen molar-refractivity contribution in [3.8, 4) is 11.3 Å². The molecule has 0 radical (unpaired) electrons. The number of nitrogens with one attached hydrogen (secondary N) is 1. The molecule has 1 saturated heterocycles. The molecule has 0 unspecified atom stereocenters. The number of hydrogen-bond acceptors (Lipinski definition) is 4. The highest BCUT2D eigenvalue weighted by atomic mass is 16.2. The lowest BCUT2D eigenvalue weighted by atomic mass is 10.0. The number of carbonyl (C=O) groups is 1. The maximum Gasteiger partial charge on any atom is 0.272 e. The van der Waals surface area contributed by atoms with Gasteiger partial charge in [0.1, 0.15) is 0 Å². The predicted octanol–water partition coefficient (Wildman–Crippen LogP) is 4.72. The Morgan fingerprint density at radius 2 is 1.83 bits per heavy atom. The average Bonchev–Trinajstić information content (AvgIpc) is 2.78. The number of aromatic nitrogens is 1. The van der Waals surface area contributed by atoms with Gasteiger partial charge in [-0.05, 0) is 49.7 Å². The molecule has 5 heteroatoms. The molecule has 1 aliphatic rings. The highest BCUT2D eigenvalue weighted by molar-refractivity contribution is 6.07. The molecule has 1 amide bonds. The normalized spacial score (nSPS) is 14.7. The van der Waals surface area contributed by atoms with E-state index in [1.807, 2.05) is 30.3 Å². The SMILES string of the molecule is CCN1CCC(=NNC(=O)c2cc(-c3ccc(C)c(C)c3)nc3ccccc23)CC1. The molecule has 1 aliphatic heterocycles. The second-order valence-corrected chi connectivity index (χ2v) is 7.92. The molecule has 1 N–H and O–H groups in total. The number of hydrogen-bond donors (Lipinski definition) is 1. The van der Waals surface area contributed by atoms with Crippen molar-refractivity contribution in [2.75, 3.05) is 19.6 Å². The van der Waals surface area contributed by atoms with Gasteiger partial charge in [0.05, 0.1) is 16.8 Å². The Kier molecular flexibility index (Phi) is 5.91. The van der Waals surface area contributed by atoms with Crippen molar-refractivity contribution >= 4 is 22.5 Å². The first-order valence-electron chi connectivity index (χ1n) is 10.6. The van der Waals surface area contributed by atoms with Crippen LogP contribution in [-0.4, -0.2) is 41.1 Å². The molecule has 1 fully saturated rings. The summed E-state index contributed by atoms with van der Waals surface area (Å²) in [6.45, 7) is 9.42. The smallest absolute Gasteiger partial charge is 0.272 e. The third-order valence-corrected chi connectivity index (χ3v) is 5.96. The number of benzene rings is 2. The zero-order valence-electron chi connectivity index (χ0n) is 17.9. The van der Waals surface area contributed by atoms with Crippen LogP contribution in [0.3, 0.4) is 0 Å². The van der Waals surface area contributed by atoms with E-state index >= 15 is 0 Å². The lowest BCUT2D eigenvalue weighted by Crippen LogP contribution is -2.34. The molecular weight excluding hydrogens is 372 g/mol. The topological polar surface area (TPSA) is 57.6 Å². The van der Waals surface area contributed by atoms with Gasteiger partial charge in [0, 0.05) is 42.6 Å². The monoisotopic (exact) mass is 400 g/mol. The summed E-state index contributed by atoms with van der Waals surface area (Å²) in [4.78, 5) is 20.3. The van der Waals surface area contributed by atoms with E-state index in [2.05, 4.69) is 54.4 Å². The van der Waals surface area contributed by atoms with Crippen LogP contribution in [0, 0.1) is 13.8 Å². The second-order valence-electron chi connectivity index (χ2n) is 7.92. The zero-order valence-corrected chi connectivity index (χ0v) is 17.9. The van der Waals surface area contributed by atoms with Gasteiger partial charge in [-0.2, -0.15) is 5.10 Å². The van der Waals surface area contributed by atoms with Crippen molar-refractivity contribution in [3.63, 3.8) is 0 Å². The molecule has 0 spiro atoms. The number of pyridine rings is 1. The van der Waals surface area contributed by atoms with Gasteiger partial charge < -0.3 is 4.90 Å². The van der Waals surface area contributed by atoms with E-state index < -0.39 is 0 Å². The number of likely N-dealkylation sites (tertiary alicyclic amines) is 1. The largest absolute Gasteiger partial charge is 0.303 e. The highest BCUT2D eigenvalue weighted by Gasteiger charge is 2.16. The predicted molar refractivity (Wildman–Crippen MR) is 123 cm³/mol. The first-order chi connectivity index (χ1) is 14.5. The number of piperidine rings is 1. The summed E-state index contributed by atoms with van der Waals surface area (Å²) < 4.78 is 0. The number of aryl methyl sites for hydroxylation is 2. The lowest BCUT2D eigenvalue weighted by molar-refractivity contribution is 0.0956. The van der Waals surface area contributed by atoms with Gasteiger partial charge in [0.2, 0.25) is 0 Å². The third kappa shape index (κ3) is 4.26. The second kappa shape index (κ2) is 8.76. The fourth-order valence-electron chi connectivity index (χ4n) is 3.84. The van der Waals surface area contributed by atoms with Gasteiger partial charge in [-0.3, -0.25) is 4.79 Å². The molecular formula is C25H28N4O. The maximum absolute atomic E-state index is 13.1. The van der Waals surface area contributed by atoms with E-state index in [1.54, 1.807) is 0 Å². The van der Waals surface area contributed by atoms with Crippen LogP contribution in [0.25, 0.3) is 22.2 Å². The lowest BCUT2D eigenvalue weighted by Gasteiger charge is -2.25. The molecule has 154 valence electrons. The Bertz CT molecular complexity index is 1110. The quantitative estimate of drug-likeness (QED) is 0.645. The van der Waals surface area contributed by atoms with E-state index in [-0.39, 0.29) is 5.91 Å². The van der Waals surface area contributed by atoms with Crippen LogP contribution in [0.1, 0.15) is 41.3 Å². The number of amides is 1. The number of fused-ring (bicyclic) bond motifs is 1. The summed E-state index contributed by atoms with van der Waals surface area (Å²) in [5.41, 5.74) is 9.51. The van der Waals surface area contributed by atoms with Gasteiger partial charge in [0.25, 0.3) is 5.91 Å². The van der Waals surface area contributed by atoms with Crippen molar-refractivity contribution in [2.45, 2.75) is 33.6 Å². The van der Waals surface area contributed by atoms with E-state index in [1.165, 1.54) is 11.1 Å². The number of rotatable bonds is 4. The van der Waals surface area contributed by atoms with Crippen molar-refractivity contribution in [2.24, 2.45) is 5.10 Å². The first kappa shape index (κ1) is 20.2. The minimum Gasteiger partial charge on any atom is -0.303 e. The molecule has 2 heterocycles. The molecule has 0 aliphatic carbocycles. The Morgan fingerprint density at radius 1 is 1.07 bits per heavy atom. The van der Waals surface area contributed by atoms with Gasteiger partial charge in [0.15, 0.2) is 0 Å². The van der Waals surface area contributed by atoms with Crippen LogP contribution in [0.2, 0.25) is 0 Å². The fraction of sp³-hybridized carbons (Fsp3) is 0.320. The van der Waals surface area contributed by atoms with Crippen molar-refractivity contribution in [1.29, 1.82) is 0 Å². The summed E-state index contributed by atoms with van der Waals surface area (Å²) in [6.07, 6.45) is 1.80. The van der Waals surface area contributed by atoms with E-state index in [4.69, 9.17) is 4.98 Å². The van der Waals surface area contributed by atoms with Crippen LogP contribution >= 0.6 is 0 Å². The van der Waals surface area contributed by atoms with Crippen molar-refractivity contribution in [1.82, 2.24) is 15.3 Å². The molecule has 1 aromatic heterocycles. The third-order valence-electron chi connectivity index (χ3n) is 5.96. The molecule has 0 saturated carbocycles. The van der Waals surface area contributed by atoms with Gasteiger partial charge in [-0.25, -0.2) is 10.4 Å². The molecule has 3 aromatic rings. The molecule has 2 aromatic carbocycles. The molecule has 0 bridgehead atoms. The molecule has 4 rings (SSSR count). The summed E-state index contributed by atoms with van der Waals surface area (Å²) >= 11 is 0. The maximum atomic E-state index is 13.1. The van der Waals surface area contributed by atoms with E-state index in [9.17, 15) is 4.79 Å². The fourth-order valence-corrected chi connectivity index (χ4v) is 3.84. The standard InChI is InChI=1S/C25H28N4O/c1-4-29-13-11-20(12-14-29)27-28-25(30)22-16-24(19-10-9-17(2)18(3)15-19)26-23-8-6-5-7-21(22)23/h5-10,15-16H,4,11-14H2,1-3H3,(H,28,30). The van der Waals surface area contributed by atoms with Crippen LogP contribution in [0.4, 0.5) is 0 Å². The Hall–Kier alpha value is -3.05. The zero-order chi connectivity index (χ0) is 21.1. The summed E-state index contributed by atoms with van der Waals surface area (Å²) in [7, 11) is 0. The Balaban J connectivity index is 1.65. The van der Waals surface area contributed by atoms with Crippen molar-refractivity contribution in [3.05, 3.63) is 65.2 Å². The van der Waals surface area contributed by atoms with Crippen LogP contribution < -0.4 is 5.43 Å². The Morgan fingerprint density at radius 3 is 2.57 bits per heavy atom. The minimum atomic E-state index is -0.191. The van der Waals surface area contributed by atoms with Crippen molar-refractivity contribution < 1.29 is 4.79 Å². The number of nitrogens with zero attached hydrogens (tertiary/aromatic N) is 3. The number of hydrazone groups is 1. The first-order valence-corrected chi connectivity index (χ1v) is 10.6. The van der Waals surface area contributed by atoms with E-state index in [0.29, 0.717) is 5.56 Å². The Labute approximate surface area is 177 Å². The highest BCUT2D eigenvalue weighted by Crippen LogP contribution is 2.26. The summed E-state index contributed by atoms with van der Waals surface area (Å²) in [5, 5.41) is 5.27. The summed E-state index contributed by atoms with van der Waals surface area (Å²) in [5.74, 6) is -0.191. The number of para-hydroxylation sites is 1. The van der Waals surface area contributed by atoms with Crippen LogP contribution in [0.5, 0.6) is 0 Å².